The van der Waals surface area contributed by atoms with E-state index in [1.165, 1.54) is 16.9 Å². The molecule has 1 saturated carbocycles. The first-order chi connectivity index (χ1) is 9.28. The van der Waals surface area contributed by atoms with Crippen molar-refractivity contribution in [1.29, 1.82) is 0 Å². The number of benzene rings is 1. The third kappa shape index (κ3) is 1.52. The molecule has 3 aliphatic rings. The summed E-state index contributed by atoms with van der Waals surface area (Å²) >= 11 is 0. The van der Waals surface area contributed by atoms with Gasteiger partial charge in [-0.2, -0.15) is 0 Å². The first-order valence-electron chi connectivity index (χ1n) is 7.42. The highest BCUT2D eigenvalue weighted by Crippen LogP contribution is 2.72. The Morgan fingerprint density at radius 1 is 1.00 bits per heavy atom. The number of hydrogen-bond donors (Lipinski definition) is 0. The summed E-state index contributed by atoms with van der Waals surface area (Å²) in [6.07, 6.45) is 14.4. The Morgan fingerprint density at radius 3 is 2.58 bits per heavy atom. The Morgan fingerprint density at radius 2 is 1.74 bits per heavy atom. The highest BCUT2D eigenvalue weighted by Gasteiger charge is 2.64. The molecule has 0 amide bonds. The molecule has 0 nitrogen and oxygen atoms in total. The van der Waals surface area contributed by atoms with Gasteiger partial charge in [0.15, 0.2) is 0 Å². The van der Waals surface area contributed by atoms with E-state index in [4.69, 9.17) is 0 Å². The van der Waals surface area contributed by atoms with E-state index in [-0.39, 0.29) is 0 Å². The van der Waals surface area contributed by atoms with Crippen molar-refractivity contribution in [2.24, 2.45) is 10.8 Å². The molecule has 0 heterocycles. The van der Waals surface area contributed by atoms with Crippen LogP contribution in [0.2, 0.25) is 0 Å². The number of rotatable bonds is 0. The molecule has 0 saturated heterocycles. The minimum absolute atomic E-state index is 0.290. The number of hydrogen-bond acceptors (Lipinski definition) is 0. The van der Waals surface area contributed by atoms with E-state index in [9.17, 15) is 0 Å². The SMILES string of the molecule is CC.CC1=c2ccccc2=CC23C=CCC=CC12C3. The lowest BCUT2D eigenvalue weighted by Gasteiger charge is -2.22. The van der Waals surface area contributed by atoms with Gasteiger partial charge in [-0.1, -0.05) is 74.1 Å². The van der Waals surface area contributed by atoms with E-state index < -0.39 is 0 Å². The van der Waals surface area contributed by atoms with Gasteiger partial charge in [-0.25, -0.2) is 0 Å². The first kappa shape index (κ1) is 12.5. The first-order valence-corrected chi connectivity index (χ1v) is 7.42. The summed E-state index contributed by atoms with van der Waals surface area (Å²) in [6, 6.07) is 8.81. The van der Waals surface area contributed by atoms with Crippen molar-refractivity contribution in [3.05, 3.63) is 59.0 Å². The average molecular weight is 250 g/mol. The van der Waals surface area contributed by atoms with Crippen LogP contribution in [0.25, 0.3) is 11.6 Å². The lowest BCUT2D eigenvalue weighted by molar-refractivity contribution is 0.709. The zero-order valence-electron chi connectivity index (χ0n) is 12.1. The van der Waals surface area contributed by atoms with Crippen LogP contribution < -0.4 is 10.4 Å². The van der Waals surface area contributed by atoms with Crippen molar-refractivity contribution in [2.45, 2.75) is 33.6 Å². The van der Waals surface area contributed by atoms with Crippen LogP contribution in [0, 0.1) is 10.8 Å². The molecule has 0 N–H and O–H groups in total. The van der Waals surface area contributed by atoms with Crippen LogP contribution in [0.4, 0.5) is 0 Å². The monoisotopic (exact) mass is 250 g/mol. The van der Waals surface area contributed by atoms with Gasteiger partial charge in [-0.05, 0) is 30.2 Å². The van der Waals surface area contributed by atoms with E-state index in [2.05, 4.69) is 61.6 Å². The van der Waals surface area contributed by atoms with E-state index in [1.807, 2.05) is 13.8 Å². The van der Waals surface area contributed by atoms with Gasteiger partial charge in [0.25, 0.3) is 0 Å². The molecule has 1 fully saturated rings. The quantitative estimate of drug-likeness (QED) is 0.618. The third-order valence-corrected chi connectivity index (χ3v) is 4.81. The van der Waals surface area contributed by atoms with Gasteiger partial charge in [0.2, 0.25) is 0 Å². The fourth-order valence-electron chi connectivity index (χ4n) is 3.78. The molecule has 0 heteroatoms. The Hall–Kier alpha value is -1.56. The lowest BCUT2D eigenvalue weighted by atomic mass is 9.81. The molecule has 19 heavy (non-hydrogen) atoms. The molecule has 1 aromatic carbocycles. The standard InChI is InChI=1S/C17H16.C2H6/c1-13-15-8-4-3-7-14(15)11-16-9-5-2-6-10-17(13,16)12-16;1-2/h3-11H,2,12H2,1H3;1-2H3. The predicted octanol–water partition coefficient (Wildman–Crippen LogP) is 3.57. The molecular weight excluding hydrogens is 228 g/mol. The summed E-state index contributed by atoms with van der Waals surface area (Å²) in [4.78, 5) is 0. The molecule has 2 atom stereocenters. The predicted molar refractivity (Wildman–Crippen MR) is 83.0 cm³/mol. The summed E-state index contributed by atoms with van der Waals surface area (Å²) in [7, 11) is 0. The van der Waals surface area contributed by atoms with Gasteiger partial charge in [-0.15, -0.1) is 0 Å². The molecule has 4 rings (SSSR count). The van der Waals surface area contributed by atoms with Gasteiger partial charge < -0.3 is 0 Å². The Kier molecular flexibility index (Phi) is 2.78. The van der Waals surface area contributed by atoms with Gasteiger partial charge in [-0.3, -0.25) is 0 Å². The molecule has 3 aliphatic carbocycles. The lowest BCUT2D eigenvalue weighted by Crippen LogP contribution is -2.34. The summed E-state index contributed by atoms with van der Waals surface area (Å²) < 4.78 is 0. The van der Waals surface area contributed by atoms with Crippen LogP contribution in [-0.2, 0) is 0 Å². The average Bonchev–Trinajstić information content (AvgIpc) is 3.12. The van der Waals surface area contributed by atoms with E-state index in [0.29, 0.717) is 10.8 Å². The summed E-state index contributed by atoms with van der Waals surface area (Å²) in [5.41, 5.74) is 2.14. The molecule has 0 aliphatic heterocycles. The van der Waals surface area contributed by atoms with Crippen LogP contribution in [-0.4, -0.2) is 0 Å². The third-order valence-electron chi connectivity index (χ3n) is 4.81. The van der Waals surface area contributed by atoms with Gasteiger partial charge in [0.1, 0.15) is 0 Å². The van der Waals surface area contributed by atoms with Crippen molar-refractivity contribution in [3.63, 3.8) is 0 Å². The van der Waals surface area contributed by atoms with Gasteiger partial charge in [0, 0.05) is 10.8 Å². The van der Waals surface area contributed by atoms with Crippen molar-refractivity contribution < 1.29 is 0 Å². The van der Waals surface area contributed by atoms with Crippen LogP contribution in [0.15, 0.2) is 48.6 Å². The highest BCUT2D eigenvalue weighted by molar-refractivity contribution is 5.73. The maximum absolute atomic E-state index is 2.49. The highest BCUT2D eigenvalue weighted by atomic mass is 14.7. The van der Waals surface area contributed by atoms with Crippen LogP contribution in [0.1, 0.15) is 33.6 Å². The van der Waals surface area contributed by atoms with Gasteiger partial charge >= 0.3 is 0 Å². The molecule has 98 valence electrons. The van der Waals surface area contributed by atoms with E-state index in [1.54, 1.807) is 5.57 Å². The molecule has 0 bridgehead atoms. The largest absolute Gasteiger partial charge is 0.0838 e. The van der Waals surface area contributed by atoms with Crippen molar-refractivity contribution in [3.8, 4) is 0 Å². The van der Waals surface area contributed by atoms with E-state index >= 15 is 0 Å². The Labute approximate surface area is 115 Å². The zero-order chi connectivity index (χ0) is 13.5. The summed E-state index contributed by atoms with van der Waals surface area (Å²) in [5.74, 6) is 0. The normalized spacial score (nSPS) is 32.9. The molecule has 0 aromatic heterocycles. The maximum atomic E-state index is 2.49. The second-order valence-electron chi connectivity index (χ2n) is 5.59. The Balaban J connectivity index is 0.000000528. The van der Waals surface area contributed by atoms with Crippen LogP contribution in [0.5, 0.6) is 0 Å². The van der Waals surface area contributed by atoms with Crippen molar-refractivity contribution in [1.82, 2.24) is 0 Å². The molecule has 0 spiro atoms. The zero-order valence-corrected chi connectivity index (χ0v) is 12.1. The van der Waals surface area contributed by atoms with Crippen molar-refractivity contribution >= 4 is 11.6 Å². The van der Waals surface area contributed by atoms with Gasteiger partial charge in [0.05, 0.1) is 0 Å². The molecular formula is C19H22. The molecule has 2 unspecified atom stereocenters. The summed E-state index contributed by atoms with van der Waals surface area (Å²) in [6.45, 7) is 6.32. The smallest absolute Gasteiger partial charge is 0.0235 e. The summed E-state index contributed by atoms with van der Waals surface area (Å²) in [5, 5.41) is 2.86. The minimum atomic E-state index is 0.290. The topological polar surface area (TPSA) is 0 Å². The number of fused-ring (bicyclic) bond motifs is 1. The second-order valence-corrected chi connectivity index (χ2v) is 5.59. The number of allylic oxidation sites excluding steroid dienone is 4. The fraction of sp³-hybridized carbons (Fsp3) is 0.368. The minimum Gasteiger partial charge on any atom is -0.0838 e. The van der Waals surface area contributed by atoms with Crippen LogP contribution >= 0.6 is 0 Å². The fourth-order valence-corrected chi connectivity index (χ4v) is 3.78. The Bertz CT molecular complexity index is 674. The molecule has 0 radical (unpaired) electrons. The van der Waals surface area contributed by atoms with Crippen LogP contribution in [0.3, 0.4) is 0 Å². The van der Waals surface area contributed by atoms with E-state index in [0.717, 1.165) is 6.42 Å². The second kappa shape index (κ2) is 4.23. The maximum Gasteiger partial charge on any atom is 0.0235 e. The molecule has 1 aromatic rings. The van der Waals surface area contributed by atoms with Crippen molar-refractivity contribution in [2.75, 3.05) is 0 Å².